The normalized spacial score (nSPS) is 14.2. The van der Waals surface area contributed by atoms with Crippen LogP contribution in [-0.4, -0.2) is 71.8 Å². The Morgan fingerprint density at radius 2 is 1.44 bits per heavy atom. The second-order valence-corrected chi connectivity index (χ2v) is 7.57. The van der Waals surface area contributed by atoms with Crippen molar-refractivity contribution in [2.24, 2.45) is 0 Å². The Labute approximate surface area is 189 Å². The summed E-state index contributed by atoms with van der Waals surface area (Å²) in [6.45, 7) is 11.2. The molecular formula is C24H32N2O6. The highest BCUT2D eigenvalue weighted by atomic mass is 16.5. The van der Waals surface area contributed by atoms with Gasteiger partial charge in [-0.15, -0.1) is 0 Å². The summed E-state index contributed by atoms with van der Waals surface area (Å²) in [7, 11) is 1.69. The van der Waals surface area contributed by atoms with E-state index in [0.29, 0.717) is 6.61 Å². The number of ether oxygens (including phenoxy) is 2. The lowest BCUT2D eigenvalue weighted by atomic mass is 10.1. The molecule has 0 unspecified atom stereocenters. The Kier molecular flexibility index (Phi) is 9.97. The third-order valence-corrected chi connectivity index (χ3v) is 5.07. The van der Waals surface area contributed by atoms with Crippen molar-refractivity contribution in [2.45, 2.75) is 26.9 Å². The molecule has 0 radical (unpaired) electrons. The highest BCUT2D eigenvalue weighted by Crippen LogP contribution is 2.28. The van der Waals surface area contributed by atoms with E-state index in [0.717, 1.165) is 50.8 Å². The number of aliphatic carboxylic acids is 2. The van der Waals surface area contributed by atoms with Gasteiger partial charge in [0.25, 0.3) is 0 Å². The predicted octanol–water partition coefficient (Wildman–Crippen LogP) is 2.88. The Morgan fingerprint density at radius 1 is 0.875 bits per heavy atom. The fourth-order valence-electron chi connectivity index (χ4n) is 3.52. The van der Waals surface area contributed by atoms with Crippen LogP contribution in [0.25, 0.3) is 0 Å². The van der Waals surface area contributed by atoms with Crippen LogP contribution in [0.1, 0.15) is 23.6 Å². The van der Waals surface area contributed by atoms with Crippen LogP contribution in [0.15, 0.2) is 42.5 Å². The summed E-state index contributed by atoms with van der Waals surface area (Å²) in [4.78, 5) is 23.3. The van der Waals surface area contributed by atoms with Crippen molar-refractivity contribution >= 4 is 11.9 Å². The molecule has 2 aromatic rings. The number of nitrogens with zero attached hydrogens (tertiary/aromatic N) is 2. The van der Waals surface area contributed by atoms with E-state index in [1.165, 1.54) is 16.7 Å². The van der Waals surface area contributed by atoms with Crippen LogP contribution in [-0.2, 0) is 22.7 Å². The molecule has 1 aliphatic heterocycles. The summed E-state index contributed by atoms with van der Waals surface area (Å²) in [6, 6.07) is 15.1. The maximum Gasteiger partial charge on any atom is 0.414 e. The van der Waals surface area contributed by atoms with Crippen LogP contribution in [0.4, 0.5) is 0 Å². The zero-order chi connectivity index (χ0) is 23.5. The zero-order valence-corrected chi connectivity index (χ0v) is 18.9. The van der Waals surface area contributed by atoms with E-state index in [1.54, 1.807) is 7.11 Å². The molecule has 0 aliphatic carbocycles. The van der Waals surface area contributed by atoms with Crippen LogP contribution >= 0.6 is 0 Å². The number of hydrogen-bond donors (Lipinski definition) is 2. The minimum Gasteiger partial charge on any atom is -0.493 e. The van der Waals surface area contributed by atoms with Crippen molar-refractivity contribution < 1.29 is 29.3 Å². The van der Waals surface area contributed by atoms with E-state index in [2.05, 4.69) is 53.1 Å². The van der Waals surface area contributed by atoms with Gasteiger partial charge >= 0.3 is 11.9 Å². The van der Waals surface area contributed by atoms with E-state index in [-0.39, 0.29) is 0 Å². The lowest BCUT2D eigenvalue weighted by Crippen LogP contribution is -2.45. The van der Waals surface area contributed by atoms with Crippen molar-refractivity contribution in [1.29, 1.82) is 0 Å². The average Bonchev–Trinajstić information content (AvgIpc) is 2.76. The highest BCUT2D eigenvalue weighted by molar-refractivity contribution is 6.27. The van der Waals surface area contributed by atoms with Crippen LogP contribution < -0.4 is 9.47 Å². The van der Waals surface area contributed by atoms with E-state index in [9.17, 15) is 0 Å². The number of hydrogen-bond acceptors (Lipinski definition) is 6. The molecule has 2 aromatic carbocycles. The first-order valence-corrected chi connectivity index (χ1v) is 10.6. The number of rotatable bonds is 7. The molecule has 0 aromatic heterocycles. The average molecular weight is 445 g/mol. The third kappa shape index (κ3) is 8.20. The lowest BCUT2D eigenvalue weighted by Gasteiger charge is -2.34. The molecule has 0 saturated carbocycles. The number of carboxylic acid groups (broad SMARTS) is 2. The fraction of sp³-hybridized carbons (Fsp3) is 0.417. The number of aryl methyl sites for hydroxylation is 1. The van der Waals surface area contributed by atoms with E-state index < -0.39 is 11.9 Å². The Balaban J connectivity index is 0.000000534. The SMILES string of the molecule is CCOc1cc(CN2CCN(Cc3cccc(C)c3)CC2)ccc1OC.O=C(O)C(=O)O. The molecule has 174 valence electrons. The molecule has 8 nitrogen and oxygen atoms in total. The van der Waals surface area contributed by atoms with E-state index in [4.69, 9.17) is 29.3 Å². The molecular weight excluding hydrogens is 412 g/mol. The largest absolute Gasteiger partial charge is 0.493 e. The molecule has 1 fully saturated rings. The van der Waals surface area contributed by atoms with E-state index >= 15 is 0 Å². The van der Waals surface area contributed by atoms with Crippen LogP contribution in [0.2, 0.25) is 0 Å². The molecule has 2 N–H and O–H groups in total. The van der Waals surface area contributed by atoms with Crippen LogP contribution in [0.3, 0.4) is 0 Å². The molecule has 1 saturated heterocycles. The van der Waals surface area contributed by atoms with Gasteiger partial charge < -0.3 is 19.7 Å². The molecule has 1 aliphatic rings. The van der Waals surface area contributed by atoms with Gasteiger partial charge in [0.1, 0.15) is 0 Å². The minimum absolute atomic E-state index is 0.650. The molecule has 0 atom stereocenters. The maximum absolute atomic E-state index is 9.10. The van der Waals surface area contributed by atoms with Gasteiger partial charge in [-0.1, -0.05) is 35.9 Å². The minimum atomic E-state index is -1.82. The van der Waals surface area contributed by atoms with Gasteiger partial charge in [-0.3, -0.25) is 9.80 Å². The lowest BCUT2D eigenvalue weighted by molar-refractivity contribution is -0.159. The van der Waals surface area contributed by atoms with Gasteiger partial charge in [0, 0.05) is 39.3 Å². The number of benzene rings is 2. The highest BCUT2D eigenvalue weighted by Gasteiger charge is 2.18. The first kappa shape index (κ1) is 25.2. The summed E-state index contributed by atoms with van der Waals surface area (Å²) in [6.07, 6.45) is 0. The van der Waals surface area contributed by atoms with E-state index in [1.807, 2.05) is 13.0 Å². The van der Waals surface area contributed by atoms with Crippen LogP contribution in [0.5, 0.6) is 11.5 Å². The summed E-state index contributed by atoms with van der Waals surface area (Å²) < 4.78 is 11.1. The summed E-state index contributed by atoms with van der Waals surface area (Å²) >= 11 is 0. The quantitative estimate of drug-likeness (QED) is 0.629. The number of piperazine rings is 1. The van der Waals surface area contributed by atoms with Gasteiger partial charge in [0.2, 0.25) is 0 Å². The standard InChI is InChI=1S/C22H30N2O2.C2H2O4/c1-4-26-22-15-20(8-9-21(22)25-3)17-24-12-10-23(11-13-24)16-19-7-5-6-18(2)14-19;3-1(4)2(5)6/h5-9,14-15H,4,10-13,16-17H2,1-3H3;(H,3,4)(H,5,6). The van der Waals surface area contributed by atoms with Gasteiger partial charge in [-0.05, 0) is 37.1 Å². The second-order valence-electron chi connectivity index (χ2n) is 7.57. The van der Waals surface area contributed by atoms with Crippen molar-refractivity contribution in [2.75, 3.05) is 39.9 Å². The Morgan fingerprint density at radius 3 is 1.91 bits per heavy atom. The first-order chi connectivity index (χ1) is 15.3. The predicted molar refractivity (Wildman–Crippen MR) is 121 cm³/mol. The van der Waals surface area contributed by atoms with Crippen molar-refractivity contribution in [3.63, 3.8) is 0 Å². The third-order valence-electron chi connectivity index (χ3n) is 5.07. The number of methoxy groups -OCH3 is 1. The summed E-state index contributed by atoms with van der Waals surface area (Å²) in [5.41, 5.74) is 4.03. The van der Waals surface area contributed by atoms with Crippen molar-refractivity contribution in [1.82, 2.24) is 9.80 Å². The molecule has 0 amide bonds. The van der Waals surface area contributed by atoms with Gasteiger partial charge in [-0.25, -0.2) is 9.59 Å². The molecule has 0 spiro atoms. The maximum atomic E-state index is 9.10. The topological polar surface area (TPSA) is 99.5 Å². The van der Waals surface area contributed by atoms with Crippen molar-refractivity contribution in [3.8, 4) is 11.5 Å². The van der Waals surface area contributed by atoms with Crippen molar-refractivity contribution in [3.05, 3.63) is 59.2 Å². The molecule has 1 heterocycles. The fourth-order valence-corrected chi connectivity index (χ4v) is 3.52. The summed E-state index contributed by atoms with van der Waals surface area (Å²) in [5, 5.41) is 14.8. The zero-order valence-electron chi connectivity index (χ0n) is 18.9. The molecule has 0 bridgehead atoms. The molecule has 32 heavy (non-hydrogen) atoms. The second kappa shape index (κ2) is 12.7. The summed E-state index contributed by atoms with van der Waals surface area (Å²) in [5.74, 6) is -2.01. The molecule has 8 heteroatoms. The number of carboxylic acids is 2. The van der Waals surface area contributed by atoms with Gasteiger partial charge in [0.05, 0.1) is 13.7 Å². The Hall–Kier alpha value is -3.10. The monoisotopic (exact) mass is 444 g/mol. The number of carbonyl (C=O) groups is 2. The van der Waals surface area contributed by atoms with Gasteiger partial charge in [0.15, 0.2) is 11.5 Å². The van der Waals surface area contributed by atoms with Crippen LogP contribution in [0, 0.1) is 6.92 Å². The smallest absolute Gasteiger partial charge is 0.414 e. The molecule has 3 rings (SSSR count). The Bertz CT molecular complexity index is 882. The first-order valence-electron chi connectivity index (χ1n) is 10.6. The van der Waals surface area contributed by atoms with Gasteiger partial charge in [-0.2, -0.15) is 0 Å².